The van der Waals surface area contributed by atoms with Gasteiger partial charge < -0.3 is 29.2 Å². The molecule has 1 fully saturated rings. The molecule has 2 N–H and O–H groups in total. The Morgan fingerprint density at radius 1 is 1.09 bits per heavy atom. The molecule has 0 bridgehead atoms. The zero-order chi connectivity index (χ0) is 23.0. The van der Waals surface area contributed by atoms with E-state index in [0.29, 0.717) is 46.6 Å². The first-order valence-electron chi connectivity index (χ1n) is 11.7. The minimum Gasteiger partial charge on any atom is -0.458 e. The minimum absolute atomic E-state index is 0.128. The number of hydrogen-bond donors (Lipinski definition) is 2. The van der Waals surface area contributed by atoms with Crippen molar-refractivity contribution in [3.63, 3.8) is 0 Å². The number of esters is 1. The van der Waals surface area contributed by atoms with Gasteiger partial charge in [-0.2, -0.15) is 0 Å². The Balaban J connectivity index is 1.38. The van der Waals surface area contributed by atoms with Crippen molar-refractivity contribution in [1.29, 1.82) is 0 Å². The van der Waals surface area contributed by atoms with Gasteiger partial charge in [-0.15, -0.1) is 0 Å². The van der Waals surface area contributed by atoms with E-state index < -0.39 is 12.1 Å². The van der Waals surface area contributed by atoms with Gasteiger partial charge in [-0.05, 0) is 49.9 Å². The number of ether oxygens (including phenoxy) is 3. The molecule has 0 radical (unpaired) electrons. The Hall–Kier alpha value is -3.43. The number of aryl methyl sites for hydroxylation is 1. The molecule has 0 unspecified atom stereocenters. The summed E-state index contributed by atoms with van der Waals surface area (Å²) in [6.07, 6.45) is 2.82. The Morgan fingerprint density at radius 2 is 1.91 bits per heavy atom. The minimum atomic E-state index is -1.46. The van der Waals surface area contributed by atoms with E-state index in [1.807, 2.05) is 12.1 Å². The third kappa shape index (κ3) is 2.97. The molecule has 174 valence electrons. The van der Waals surface area contributed by atoms with E-state index in [9.17, 15) is 14.7 Å². The van der Waals surface area contributed by atoms with Crippen LogP contribution < -0.4 is 20.3 Å². The zero-order valence-corrected chi connectivity index (χ0v) is 18.4. The van der Waals surface area contributed by atoms with Crippen molar-refractivity contribution in [2.75, 3.05) is 13.3 Å². The fourth-order valence-corrected chi connectivity index (χ4v) is 5.24. The number of pyridine rings is 2. The fraction of sp³-hybridized carbons (Fsp3) is 0.400. The molecule has 5 heterocycles. The summed E-state index contributed by atoms with van der Waals surface area (Å²) < 4.78 is 17.9. The summed E-state index contributed by atoms with van der Waals surface area (Å²) in [7, 11) is 0. The smallest absolute Gasteiger partial charge is 0.340 e. The van der Waals surface area contributed by atoms with Gasteiger partial charge in [0.15, 0.2) is 17.6 Å². The van der Waals surface area contributed by atoms with Crippen LogP contribution in [-0.4, -0.2) is 40.0 Å². The average molecular weight is 461 g/mol. The monoisotopic (exact) mass is 461 g/mol. The van der Waals surface area contributed by atoms with E-state index in [4.69, 9.17) is 19.2 Å². The van der Waals surface area contributed by atoms with Crippen LogP contribution in [0, 0.1) is 0 Å². The number of nitrogens with one attached hydrogen (secondary N) is 1. The molecule has 0 amide bonds. The fourth-order valence-electron chi connectivity index (χ4n) is 5.24. The van der Waals surface area contributed by atoms with Gasteiger partial charge in [-0.3, -0.25) is 4.79 Å². The molecule has 1 saturated carbocycles. The second-order valence-electron chi connectivity index (χ2n) is 9.34. The second kappa shape index (κ2) is 7.28. The maximum atomic E-state index is 13.3. The normalized spacial score (nSPS) is 19.7. The molecule has 2 aromatic heterocycles. The van der Waals surface area contributed by atoms with Crippen LogP contribution in [0.3, 0.4) is 0 Å². The first-order chi connectivity index (χ1) is 16.6. The zero-order valence-electron chi connectivity index (χ0n) is 18.4. The quantitative estimate of drug-likeness (QED) is 0.343. The number of aliphatic hydroxyl groups excluding tert-OH is 1. The summed E-state index contributed by atoms with van der Waals surface area (Å²) >= 11 is 0. The number of nitrogens with zero attached hydrogens (tertiary/aromatic N) is 2. The lowest BCUT2D eigenvalue weighted by atomic mass is 9.95. The lowest BCUT2D eigenvalue weighted by Crippen LogP contribution is -2.32. The molecule has 4 aliphatic rings. The van der Waals surface area contributed by atoms with E-state index in [1.54, 1.807) is 10.6 Å². The Morgan fingerprint density at radius 3 is 2.74 bits per heavy atom. The summed E-state index contributed by atoms with van der Waals surface area (Å²) in [6, 6.07) is 6.24. The lowest BCUT2D eigenvalue weighted by Gasteiger charge is -2.21. The number of benzene rings is 1. The number of aliphatic hydroxyl groups is 1. The standard InChI is InChI=1S/C25H23N3O6/c29-23-15-6-19-22-16(9-28(19)24(30)17(15)10-32-25(23)31)13(2-1-5-26-12-3-4-12)14-7-20-21(34-11-33-20)8-18(14)27-22/h6-8,12,23,26,29H,1-5,9-11H2/t23-/m0/s1. The maximum Gasteiger partial charge on any atom is 0.340 e. The molecule has 9 heteroatoms. The first-order valence-corrected chi connectivity index (χ1v) is 11.7. The molecule has 3 aromatic rings. The van der Waals surface area contributed by atoms with Crippen molar-refractivity contribution in [3.05, 3.63) is 50.8 Å². The van der Waals surface area contributed by atoms with Crippen molar-refractivity contribution in [3.8, 4) is 22.9 Å². The third-order valence-corrected chi connectivity index (χ3v) is 7.18. The summed E-state index contributed by atoms with van der Waals surface area (Å²) in [5.74, 6) is 0.618. The molecule has 1 aliphatic carbocycles. The van der Waals surface area contributed by atoms with E-state index >= 15 is 0 Å². The highest BCUT2D eigenvalue weighted by Crippen LogP contribution is 2.42. The summed E-state index contributed by atoms with van der Waals surface area (Å²) in [5.41, 5.74) is 4.62. The Bertz CT molecular complexity index is 1440. The van der Waals surface area contributed by atoms with E-state index in [1.165, 1.54) is 12.8 Å². The lowest BCUT2D eigenvalue weighted by molar-refractivity contribution is -0.157. The van der Waals surface area contributed by atoms with Crippen LogP contribution in [0.5, 0.6) is 11.5 Å². The van der Waals surface area contributed by atoms with Gasteiger partial charge >= 0.3 is 5.97 Å². The van der Waals surface area contributed by atoms with E-state index in [0.717, 1.165) is 41.4 Å². The van der Waals surface area contributed by atoms with Crippen molar-refractivity contribution in [2.24, 2.45) is 0 Å². The molecular formula is C25H23N3O6. The molecule has 1 aromatic carbocycles. The van der Waals surface area contributed by atoms with E-state index in [-0.39, 0.29) is 19.0 Å². The Kier molecular flexibility index (Phi) is 4.28. The third-order valence-electron chi connectivity index (χ3n) is 7.18. The van der Waals surface area contributed by atoms with Crippen molar-refractivity contribution >= 4 is 16.9 Å². The summed E-state index contributed by atoms with van der Waals surface area (Å²) in [6.45, 7) is 1.38. The summed E-state index contributed by atoms with van der Waals surface area (Å²) in [5, 5.41) is 14.9. The molecule has 9 nitrogen and oxygen atoms in total. The largest absolute Gasteiger partial charge is 0.458 e. The van der Waals surface area contributed by atoms with Gasteiger partial charge in [-0.1, -0.05) is 0 Å². The van der Waals surface area contributed by atoms with Crippen LogP contribution in [0.25, 0.3) is 22.3 Å². The van der Waals surface area contributed by atoms with Crippen LogP contribution in [0.1, 0.15) is 47.6 Å². The predicted octanol–water partition coefficient (Wildman–Crippen LogP) is 1.93. The second-order valence-corrected chi connectivity index (χ2v) is 9.34. The number of rotatable bonds is 5. The number of aromatic nitrogens is 2. The number of carbonyl (C=O) groups is 1. The average Bonchev–Trinajstić information content (AvgIpc) is 3.42. The van der Waals surface area contributed by atoms with Gasteiger partial charge in [-0.25, -0.2) is 9.78 Å². The van der Waals surface area contributed by atoms with Gasteiger partial charge in [0, 0.05) is 28.6 Å². The molecule has 34 heavy (non-hydrogen) atoms. The Labute approximate surface area is 194 Å². The highest BCUT2D eigenvalue weighted by Gasteiger charge is 2.35. The molecule has 1 atom stereocenters. The van der Waals surface area contributed by atoms with Crippen LogP contribution in [0.4, 0.5) is 0 Å². The van der Waals surface area contributed by atoms with Gasteiger partial charge in [0.25, 0.3) is 5.56 Å². The van der Waals surface area contributed by atoms with Gasteiger partial charge in [0.2, 0.25) is 6.79 Å². The van der Waals surface area contributed by atoms with E-state index in [2.05, 4.69) is 5.32 Å². The van der Waals surface area contributed by atoms with Gasteiger partial charge in [0.05, 0.1) is 29.0 Å². The SMILES string of the molecule is O=C1OCc2c(cc3n(c2=O)Cc2c-3nc3cc4c(cc3c2CCCNC2CC2)OCO4)[C@@H]1O. The van der Waals surface area contributed by atoms with Crippen molar-refractivity contribution < 1.29 is 24.1 Å². The number of hydrogen-bond acceptors (Lipinski definition) is 8. The van der Waals surface area contributed by atoms with Crippen molar-refractivity contribution in [1.82, 2.24) is 14.9 Å². The topological polar surface area (TPSA) is 112 Å². The highest BCUT2D eigenvalue weighted by atomic mass is 16.7. The number of carbonyl (C=O) groups excluding carboxylic acids is 1. The van der Waals surface area contributed by atoms with Crippen LogP contribution in [0.2, 0.25) is 0 Å². The number of fused-ring (bicyclic) bond motifs is 6. The predicted molar refractivity (Wildman–Crippen MR) is 121 cm³/mol. The molecule has 7 rings (SSSR count). The molecule has 0 saturated heterocycles. The van der Waals surface area contributed by atoms with Crippen LogP contribution >= 0.6 is 0 Å². The summed E-state index contributed by atoms with van der Waals surface area (Å²) in [4.78, 5) is 30.2. The van der Waals surface area contributed by atoms with Crippen LogP contribution in [-0.2, 0) is 29.1 Å². The molecule has 3 aliphatic heterocycles. The highest BCUT2D eigenvalue weighted by molar-refractivity contribution is 5.91. The first kappa shape index (κ1) is 20.0. The maximum absolute atomic E-state index is 13.3. The van der Waals surface area contributed by atoms with Crippen LogP contribution in [0.15, 0.2) is 23.0 Å². The van der Waals surface area contributed by atoms with Crippen molar-refractivity contribution in [2.45, 2.75) is 51.0 Å². The molecule has 0 spiro atoms. The molecular weight excluding hydrogens is 438 g/mol. The van der Waals surface area contributed by atoms with Gasteiger partial charge in [0.1, 0.15) is 6.61 Å². The number of cyclic esters (lactones) is 1.